The molecule has 0 saturated carbocycles. The number of aryl methyl sites for hydroxylation is 2. The number of nitrogens with two attached hydrogens (primary N) is 1. The van der Waals surface area contributed by atoms with Crippen molar-refractivity contribution in [2.24, 2.45) is 0 Å². The minimum absolute atomic E-state index is 0.0728. The highest BCUT2D eigenvalue weighted by molar-refractivity contribution is 5.57. The molecule has 0 aliphatic rings. The zero-order valence-corrected chi connectivity index (χ0v) is 15.4. The van der Waals surface area contributed by atoms with Crippen molar-refractivity contribution in [1.29, 1.82) is 5.26 Å². The maximum absolute atomic E-state index is 10.8. The molecule has 0 aliphatic carbocycles. The van der Waals surface area contributed by atoms with Gasteiger partial charge in [0.2, 0.25) is 0 Å². The second kappa shape index (κ2) is 8.22. The molecule has 0 radical (unpaired) electrons. The summed E-state index contributed by atoms with van der Waals surface area (Å²) in [6, 6.07) is 16.3. The van der Waals surface area contributed by atoms with Gasteiger partial charge in [-0.15, -0.1) is 0 Å². The van der Waals surface area contributed by atoms with Gasteiger partial charge in [0.1, 0.15) is 17.5 Å². The summed E-state index contributed by atoms with van der Waals surface area (Å²) in [6.07, 6.45) is 1.32. The molecule has 1 aromatic heterocycles. The van der Waals surface area contributed by atoms with E-state index < -0.39 is 4.92 Å². The van der Waals surface area contributed by atoms with Crippen LogP contribution in [0.1, 0.15) is 23.2 Å². The Kier molecular flexibility index (Phi) is 5.56. The number of nitro benzene ring substituents is 1. The highest BCUT2D eigenvalue weighted by Crippen LogP contribution is 2.23. The molecule has 3 N–H and O–H groups in total. The van der Waals surface area contributed by atoms with Gasteiger partial charge in [0.05, 0.1) is 16.3 Å². The molecular weight excluding hydrogens is 356 g/mol. The predicted octanol–water partition coefficient (Wildman–Crippen LogP) is 3.59. The molecule has 28 heavy (non-hydrogen) atoms. The summed E-state index contributed by atoms with van der Waals surface area (Å²) in [6.45, 7) is 2.47. The number of nitriles is 1. The van der Waals surface area contributed by atoms with E-state index in [1.165, 1.54) is 6.07 Å². The van der Waals surface area contributed by atoms with Crippen molar-refractivity contribution in [2.45, 2.75) is 19.8 Å². The summed E-state index contributed by atoms with van der Waals surface area (Å²) >= 11 is 0. The standard InChI is InChI=1S/C20H20N6O2/c1-14-12-16(26(27)28)9-10-18(14)23-11-5-8-19-17(13-21)20(22)25(24-19)15-6-3-2-4-7-15/h2-4,6-7,9-10,12,23H,5,8,11,22H2,1H3. The Labute approximate surface area is 162 Å². The maximum Gasteiger partial charge on any atom is 0.269 e. The number of non-ortho nitro benzene ring substituents is 1. The van der Waals surface area contributed by atoms with Crippen LogP contribution in [0.5, 0.6) is 0 Å². The van der Waals surface area contributed by atoms with Gasteiger partial charge in [0, 0.05) is 24.4 Å². The lowest BCUT2D eigenvalue weighted by molar-refractivity contribution is -0.384. The fraction of sp³-hybridized carbons (Fsp3) is 0.200. The Balaban J connectivity index is 1.66. The topological polar surface area (TPSA) is 123 Å². The second-order valence-corrected chi connectivity index (χ2v) is 6.35. The average Bonchev–Trinajstić information content (AvgIpc) is 3.02. The fourth-order valence-electron chi connectivity index (χ4n) is 2.98. The summed E-state index contributed by atoms with van der Waals surface area (Å²) < 4.78 is 1.59. The van der Waals surface area contributed by atoms with Crippen LogP contribution in [-0.4, -0.2) is 21.2 Å². The third-order valence-corrected chi connectivity index (χ3v) is 4.43. The van der Waals surface area contributed by atoms with Gasteiger partial charge >= 0.3 is 0 Å². The van der Waals surface area contributed by atoms with E-state index in [4.69, 9.17) is 5.73 Å². The van der Waals surface area contributed by atoms with Crippen molar-refractivity contribution >= 4 is 17.2 Å². The molecule has 0 unspecified atom stereocenters. The number of nitrogen functional groups attached to an aromatic ring is 1. The van der Waals surface area contributed by atoms with Crippen LogP contribution in [0.25, 0.3) is 5.69 Å². The Morgan fingerprint density at radius 2 is 2.04 bits per heavy atom. The number of benzene rings is 2. The van der Waals surface area contributed by atoms with Gasteiger partial charge in [0.15, 0.2) is 0 Å². The first kappa shape index (κ1) is 18.9. The first-order chi connectivity index (χ1) is 13.5. The first-order valence-electron chi connectivity index (χ1n) is 8.83. The molecule has 0 bridgehead atoms. The van der Waals surface area contributed by atoms with Crippen LogP contribution in [0.2, 0.25) is 0 Å². The number of rotatable bonds is 7. The SMILES string of the molecule is Cc1cc([N+](=O)[O-])ccc1NCCCc1nn(-c2ccccc2)c(N)c1C#N. The van der Waals surface area contributed by atoms with Crippen molar-refractivity contribution < 1.29 is 4.92 Å². The highest BCUT2D eigenvalue weighted by Gasteiger charge is 2.16. The molecule has 0 spiro atoms. The molecule has 142 valence electrons. The third-order valence-electron chi connectivity index (χ3n) is 4.43. The molecule has 1 heterocycles. The molecule has 0 fully saturated rings. The number of nitrogens with zero attached hydrogens (tertiary/aromatic N) is 4. The average molecular weight is 376 g/mol. The lowest BCUT2D eigenvalue weighted by Gasteiger charge is -2.08. The Bertz CT molecular complexity index is 1040. The molecule has 3 aromatic rings. The largest absolute Gasteiger partial charge is 0.385 e. The number of hydrogen-bond acceptors (Lipinski definition) is 6. The van der Waals surface area contributed by atoms with Gasteiger partial charge in [-0.1, -0.05) is 18.2 Å². The molecule has 0 atom stereocenters. The van der Waals surface area contributed by atoms with Gasteiger partial charge in [0.25, 0.3) is 5.69 Å². The fourth-order valence-corrected chi connectivity index (χ4v) is 2.98. The van der Waals surface area contributed by atoms with Crippen LogP contribution in [0.3, 0.4) is 0 Å². The number of hydrogen-bond donors (Lipinski definition) is 2. The van der Waals surface area contributed by atoms with E-state index in [0.717, 1.165) is 23.4 Å². The number of aromatic nitrogens is 2. The molecule has 0 amide bonds. The Morgan fingerprint density at radius 3 is 2.68 bits per heavy atom. The minimum Gasteiger partial charge on any atom is -0.385 e. The predicted molar refractivity (Wildman–Crippen MR) is 107 cm³/mol. The normalized spacial score (nSPS) is 10.4. The molecule has 8 heteroatoms. The van der Waals surface area contributed by atoms with E-state index in [9.17, 15) is 15.4 Å². The molecular formula is C20H20N6O2. The van der Waals surface area contributed by atoms with Crippen molar-refractivity contribution in [3.63, 3.8) is 0 Å². The third kappa shape index (κ3) is 3.94. The van der Waals surface area contributed by atoms with Crippen LogP contribution in [-0.2, 0) is 6.42 Å². The van der Waals surface area contributed by atoms with Crippen LogP contribution >= 0.6 is 0 Å². The van der Waals surface area contributed by atoms with Crippen molar-refractivity contribution in [3.8, 4) is 11.8 Å². The van der Waals surface area contributed by atoms with Gasteiger partial charge in [-0.2, -0.15) is 10.4 Å². The van der Waals surface area contributed by atoms with Crippen molar-refractivity contribution in [1.82, 2.24) is 9.78 Å². The highest BCUT2D eigenvalue weighted by atomic mass is 16.6. The quantitative estimate of drug-likeness (QED) is 0.369. The van der Waals surface area contributed by atoms with Gasteiger partial charge in [-0.25, -0.2) is 4.68 Å². The van der Waals surface area contributed by atoms with E-state index >= 15 is 0 Å². The summed E-state index contributed by atoms with van der Waals surface area (Å²) in [5, 5.41) is 28.0. The van der Waals surface area contributed by atoms with Crippen LogP contribution in [0, 0.1) is 28.4 Å². The summed E-state index contributed by atoms with van der Waals surface area (Å²) in [7, 11) is 0. The smallest absolute Gasteiger partial charge is 0.269 e. The number of nitro groups is 1. The monoisotopic (exact) mass is 376 g/mol. The van der Waals surface area contributed by atoms with Crippen LogP contribution < -0.4 is 11.1 Å². The van der Waals surface area contributed by atoms with E-state index in [1.807, 2.05) is 37.3 Å². The zero-order valence-electron chi connectivity index (χ0n) is 15.4. The van der Waals surface area contributed by atoms with E-state index in [0.29, 0.717) is 30.0 Å². The molecule has 8 nitrogen and oxygen atoms in total. The summed E-state index contributed by atoms with van der Waals surface area (Å²) in [5.41, 5.74) is 9.70. The number of anilines is 2. The zero-order chi connectivity index (χ0) is 20.1. The van der Waals surface area contributed by atoms with E-state index in [-0.39, 0.29) is 5.69 Å². The van der Waals surface area contributed by atoms with Crippen LogP contribution in [0.15, 0.2) is 48.5 Å². The molecule has 2 aromatic carbocycles. The lowest BCUT2D eigenvalue weighted by Crippen LogP contribution is -2.05. The van der Waals surface area contributed by atoms with Crippen LogP contribution in [0.4, 0.5) is 17.2 Å². The van der Waals surface area contributed by atoms with Crippen molar-refractivity contribution in [3.05, 3.63) is 75.5 Å². The Hall–Kier alpha value is -3.86. The van der Waals surface area contributed by atoms with E-state index in [2.05, 4.69) is 16.5 Å². The molecule has 0 aliphatic heterocycles. The Morgan fingerprint density at radius 1 is 1.29 bits per heavy atom. The number of para-hydroxylation sites is 1. The minimum atomic E-state index is -0.409. The summed E-state index contributed by atoms with van der Waals surface area (Å²) in [5.74, 6) is 0.336. The first-order valence-corrected chi connectivity index (χ1v) is 8.83. The lowest BCUT2D eigenvalue weighted by atomic mass is 10.1. The van der Waals surface area contributed by atoms with Gasteiger partial charge < -0.3 is 11.1 Å². The van der Waals surface area contributed by atoms with Crippen molar-refractivity contribution in [2.75, 3.05) is 17.6 Å². The summed E-state index contributed by atoms with van der Waals surface area (Å²) in [4.78, 5) is 10.4. The maximum atomic E-state index is 10.8. The van der Waals surface area contributed by atoms with Gasteiger partial charge in [-0.3, -0.25) is 10.1 Å². The van der Waals surface area contributed by atoms with Gasteiger partial charge in [-0.05, 0) is 43.5 Å². The number of nitrogens with one attached hydrogen (secondary N) is 1. The second-order valence-electron chi connectivity index (χ2n) is 6.35. The van der Waals surface area contributed by atoms with E-state index in [1.54, 1.807) is 16.8 Å². The molecule has 0 saturated heterocycles. The molecule has 3 rings (SSSR count).